The van der Waals surface area contributed by atoms with E-state index < -0.39 is 23.3 Å². The number of halogens is 3. The number of rotatable bonds is 2. The molecule has 5 rings (SSSR count). The normalized spacial score (nSPS) is 26.8. The van der Waals surface area contributed by atoms with E-state index in [1.807, 2.05) is 0 Å². The SMILES string of the molecule is CC1=C(C(=O)N2C[C@@H]3C[C@H]2CN3c2cc(C(F)(F)F)cnn2)C2(CCN(C(C)(C)C)CC2)OC1=O. The van der Waals surface area contributed by atoms with Crippen molar-refractivity contribution in [1.82, 2.24) is 20.0 Å². The lowest BCUT2D eigenvalue weighted by atomic mass is 9.81. The molecule has 3 saturated heterocycles. The van der Waals surface area contributed by atoms with Gasteiger partial charge in [-0.05, 0) is 40.2 Å². The minimum Gasteiger partial charge on any atom is -0.450 e. The van der Waals surface area contributed by atoms with Gasteiger partial charge in [0, 0.05) is 50.1 Å². The van der Waals surface area contributed by atoms with E-state index in [1.54, 1.807) is 16.7 Å². The van der Waals surface area contributed by atoms with Crippen molar-refractivity contribution in [2.45, 2.75) is 76.4 Å². The summed E-state index contributed by atoms with van der Waals surface area (Å²) in [6.45, 7) is 10.2. The van der Waals surface area contributed by atoms with Crippen LogP contribution in [0.15, 0.2) is 23.4 Å². The molecular formula is C24H30F3N5O3. The van der Waals surface area contributed by atoms with E-state index in [4.69, 9.17) is 4.74 Å². The fraction of sp³-hybridized carbons (Fsp3) is 0.667. The molecule has 4 aliphatic heterocycles. The third-order valence-electron chi connectivity index (χ3n) is 7.92. The Bertz CT molecular complexity index is 1090. The molecule has 0 unspecified atom stereocenters. The minimum atomic E-state index is -4.50. The van der Waals surface area contributed by atoms with Crippen molar-refractivity contribution in [1.29, 1.82) is 0 Å². The second-order valence-corrected chi connectivity index (χ2v) is 11.0. The summed E-state index contributed by atoms with van der Waals surface area (Å²) in [4.78, 5) is 32.3. The van der Waals surface area contributed by atoms with Gasteiger partial charge in [-0.3, -0.25) is 9.69 Å². The zero-order valence-electron chi connectivity index (χ0n) is 20.4. The summed E-state index contributed by atoms with van der Waals surface area (Å²) < 4.78 is 45.2. The van der Waals surface area contributed by atoms with Gasteiger partial charge in [0.05, 0.1) is 29.4 Å². The molecule has 1 spiro atoms. The number of carbonyl (C=O) groups is 2. The van der Waals surface area contributed by atoms with Crippen LogP contribution in [0.5, 0.6) is 0 Å². The largest absolute Gasteiger partial charge is 0.450 e. The van der Waals surface area contributed by atoms with Crippen LogP contribution in [-0.2, 0) is 20.5 Å². The van der Waals surface area contributed by atoms with Crippen LogP contribution in [0.3, 0.4) is 0 Å². The Balaban J connectivity index is 1.34. The maximum atomic E-state index is 13.8. The molecule has 0 saturated carbocycles. The number of ether oxygens (including phenoxy) is 1. The van der Waals surface area contributed by atoms with Gasteiger partial charge in [0.15, 0.2) is 5.82 Å². The summed E-state index contributed by atoms with van der Waals surface area (Å²) in [5.74, 6) is -0.470. The van der Waals surface area contributed by atoms with Gasteiger partial charge < -0.3 is 14.5 Å². The highest BCUT2D eigenvalue weighted by molar-refractivity contribution is 6.07. The number of piperazine rings is 1. The van der Waals surface area contributed by atoms with E-state index in [-0.39, 0.29) is 29.3 Å². The molecule has 0 aromatic carbocycles. The first-order valence-electron chi connectivity index (χ1n) is 12.0. The summed E-state index contributed by atoms with van der Waals surface area (Å²) in [6.07, 6.45) is -2.04. The van der Waals surface area contributed by atoms with Crippen LogP contribution >= 0.6 is 0 Å². The standard InChI is InChI=1S/C24H30F3N5O3/c1-14-19(23(35-21(14)34)5-7-30(8-6-23)22(2,3)4)20(33)32-13-16-10-17(32)12-31(16)18-9-15(11-28-29-18)24(25,26)27/h9,11,16-17H,5-8,10,12-13H2,1-4H3/t16-,17-/m0/s1. The summed E-state index contributed by atoms with van der Waals surface area (Å²) in [7, 11) is 0. The molecule has 0 N–H and O–H groups in total. The Kier molecular flexibility index (Phi) is 5.43. The Morgan fingerprint density at radius 2 is 1.83 bits per heavy atom. The molecule has 11 heteroatoms. The van der Waals surface area contributed by atoms with Gasteiger partial charge in [-0.25, -0.2) is 4.79 Å². The second-order valence-electron chi connectivity index (χ2n) is 11.0. The Labute approximate surface area is 202 Å². The minimum absolute atomic E-state index is 0.0168. The zero-order valence-corrected chi connectivity index (χ0v) is 20.4. The van der Waals surface area contributed by atoms with Crippen LogP contribution in [0, 0.1) is 0 Å². The van der Waals surface area contributed by atoms with Crippen molar-refractivity contribution < 1.29 is 27.5 Å². The van der Waals surface area contributed by atoms with Gasteiger partial charge in [0.1, 0.15) is 5.60 Å². The molecule has 1 aromatic rings. The number of piperidine rings is 1. The van der Waals surface area contributed by atoms with Crippen LogP contribution in [-0.4, -0.2) is 81.3 Å². The predicted octanol–water partition coefficient (Wildman–Crippen LogP) is 2.79. The van der Waals surface area contributed by atoms with Crippen molar-refractivity contribution in [2.24, 2.45) is 0 Å². The molecule has 0 radical (unpaired) electrons. The van der Waals surface area contributed by atoms with Crippen LogP contribution < -0.4 is 4.90 Å². The summed E-state index contributed by atoms with van der Waals surface area (Å²) in [6, 6.07) is 0.680. The number of likely N-dealkylation sites (tertiary alicyclic amines) is 2. The first-order valence-corrected chi connectivity index (χ1v) is 12.0. The molecule has 1 aromatic heterocycles. The van der Waals surface area contributed by atoms with E-state index in [0.29, 0.717) is 49.7 Å². The van der Waals surface area contributed by atoms with Crippen molar-refractivity contribution >= 4 is 17.7 Å². The first kappa shape index (κ1) is 24.0. The van der Waals surface area contributed by atoms with Gasteiger partial charge in [0.2, 0.25) is 0 Å². The first-order chi connectivity index (χ1) is 16.3. The third kappa shape index (κ3) is 3.97. The Morgan fingerprint density at radius 1 is 1.14 bits per heavy atom. The van der Waals surface area contributed by atoms with Gasteiger partial charge in [-0.1, -0.05) is 0 Å². The number of amides is 1. The Hall–Kier alpha value is -2.69. The molecule has 0 aliphatic carbocycles. The molecular weight excluding hydrogens is 463 g/mol. The third-order valence-corrected chi connectivity index (χ3v) is 7.92. The van der Waals surface area contributed by atoms with E-state index >= 15 is 0 Å². The quantitative estimate of drug-likeness (QED) is 0.587. The number of esters is 1. The number of hydrogen-bond donors (Lipinski definition) is 0. The summed E-state index contributed by atoms with van der Waals surface area (Å²) >= 11 is 0. The van der Waals surface area contributed by atoms with Gasteiger partial charge in [-0.15, -0.1) is 5.10 Å². The number of hydrogen-bond acceptors (Lipinski definition) is 7. The van der Waals surface area contributed by atoms with E-state index in [9.17, 15) is 22.8 Å². The van der Waals surface area contributed by atoms with Gasteiger partial charge in [-0.2, -0.15) is 18.3 Å². The van der Waals surface area contributed by atoms with E-state index in [2.05, 4.69) is 35.9 Å². The average Bonchev–Trinajstić information content (AvgIpc) is 3.45. The fourth-order valence-corrected chi connectivity index (χ4v) is 5.99. The Morgan fingerprint density at radius 3 is 2.40 bits per heavy atom. The highest BCUT2D eigenvalue weighted by Crippen LogP contribution is 2.45. The number of fused-ring (bicyclic) bond motifs is 2. The number of anilines is 1. The molecule has 190 valence electrons. The lowest BCUT2D eigenvalue weighted by Gasteiger charge is -2.45. The summed E-state index contributed by atoms with van der Waals surface area (Å²) in [5.41, 5.74) is -0.953. The van der Waals surface area contributed by atoms with Gasteiger partial charge in [0.25, 0.3) is 5.91 Å². The van der Waals surface area contributed by atoms with Crippen LogP contribution in [0.2, 0.25) is 0 Å². The van der Waals surface area contributed by atoms with E-state index in [1.165, 1.54) is 0 Å². The number of alkyl halides is 3. The lowest BCUT2D eigenvalue weighted by Crippen LogP contribution is -2.55. The highest BCUT2D eigenvalue weighted by Gasteiger charge is 2.55. The van der Waals surface area contributed by atoms with Gasteiger partial charge >= 0.3 is 12.1 Å². The topological polar surface area (TPSA) is 78.9 Å². The van der Waals surface area contributed by atoms with Crippen LogP contribution in [0.4, 0.5) is 19.0 Å². The number of carbonyl (C=O) groups excluding carboxylic acids is 2. The maximum absolute atomic E-state index is 13.8. The molecule has 3 fully saturated rings. The molecule has 4 aliphatic rings. The second kappa shape index (κ2) is 7.91. The highest BCUT2D eigenvalue weighted by atomic mass is 19.4. The lowest BCUT2D eigenvalue weighted by molar-refractivity contribution is -0.152. The number of nitrogens with zero attached hydrogens (tertiary/aromatic N) is 5. The fourth-order valence-electron chi connectivity index (χ4n) is 5.99. The van der Waals surface area contributed by atoms with Crippen LogP contribution in [0.25, 0.3) is 0 Å². The smallest absolute Gasteiger partial charge is 0.418 e. The van der Waals surface area contributed by atoms with Crippen molar-refractivity contribution in [3.05, 3.63) is 29.0 Å². The van der Waals surface area contributed by atoms with Crippen molar-refractivity contribution in [2.75, 3.05) is 31.1 Å². The zero-order chi connectivity index (χ0) is 25.3. The van der Waals surface area contributed by atoms with Crippen LogP contribution in [0.1, 0.15) is 52.5 Å². The van der Waals surface area contributed by atoms with Crippen molar-refractivity contribution in [3.8, 4) is 0 Å². The summed E-state index contributed by atoms with van der Waals surface area (Å²) in [5, 5.41) is 7.45. The molecule has 2 bridgehead atoms. The monoisotopic (exact) mass is 493 g/mol. The van der Waals surface area contributed by atoms with Crippen molar-refractivity contribution in [3.63, 3.8) is 0 Å². The molecule has 8 nitrogen and oxygen atoms in total. The maximum Gasteiger partial charge on any atom is 0.418 e. The molecule has 1 amide bonds. The number of aromatic nitrogens is 2. The molecule has 5 heterocycles. The molecule has 2 atom stereocenters. The predicted molar refractivity (Wildman–Crippen MR) is 120 cm³/mol. The molecule has 35 heavy (non-hydrogen) atoms. The van der Waals surface area contributed by atoms with E-state index in [0.717, 1.165) is 19.2 Å². The average molecular weight is 494 g/mol.